The molecule has 0 spiro atoms. The van der Waals surface area contributed by atoms with Crippen LogP contribution in [0.15, 0.2) is 24.3 Å². The van der Waals surface area contributed by atoms with Crippen LogP contribution < -0.4 is 10.6 Å². The fraction of sp³-hybridized carbons (Fsp3) is 0.529. The zero-order valence-corrected chi connectivity index (χ0v) is 14.5. The molecule has 1 aliphatic rings. The van der Waals surface area contributed by atoms with Crippen LogP contribution in [0.5, 0.6) is 0 Å². The van der Waals surface area contributed by atoms with Crippen LogP contribution in [0.2, 0.25) is 0 Å². The van der Waals surface area contributed by atoms with Gasteiger partial charge in [0.2, 0.25) is 5.91 Å². The molecule has 1 aromatic heterocycles. The number of piperidine rings is 1. The van der Waals surface area contributed by atoms with Gasteiger partial charge in [0.15, 0.2) is 0 Å². The standard InChI is InChI=1S/C17H24N4OS/c1-12-13(7-5-9-18-12)20-17(22)10-21-15-8-4-3-6-14(15)19-16(21)11-23-2/h3-4,6,8,12-13,18H,5,7,9-11H2,1-2H3,(H,20,22). The van der Waals surface area contributed by atoms with Crippen molar-refractivity contribution in [1.82, 2.24) is 20.2 Å². The third-order valence-electron chi connectivity index (χ3n) is 4.42. The van der Waals surface area contributed by atoms with Gasteiger partial charge in [-0.1, -0.05) is 12.1 Å². The largest absolute Gasteiger partial charge is 0.350 e. The summed E-state index contributed by atoms with van der Waals surface area (Å²) in [6.45, 7) is 3.51. The summed E-state index contributed by atoms with van der Waals surface area (Å²) in [4.78, 5) is 17.2. The number of rotatable bonds is 5. The van der Waals surface area contributed by atoms with Gasteiger partial charge in [-0.15, -0.1) is 0 Å². The van der Waals surface area contributed by atoms with E-state index < -0.39 is 0 Å². The number of carbonyl (C=O) groups excluding carboxylic acids is 1. The molecule has 6 heteroatoms. The first kappa shape index (κ1) is 16.3. The van der Waals surface area contributed by atoms with Gasteiger partial charge in [0.1, 0.15) is 12.4 Å². The van der Waals surface area contributed by atoms with Crippen molar-refractivity contribution in [2.24, 2.45) is 0 Å². The summed E-state index contributed by atoms with van der Waals surface area (Å²) in [6, 6.07) is 8.56. The maximum atomic E-state index is 12.5. The Bertz CT molecular complexity index is 684. The minimum absolute atomic E-state index is 0.0658. The molecular weight excluding hydrogens is 308 g/mol. The van der Waals surface area contributed by atoms with Gasteiger partial charge in [-0.25, -0.2) is 4.98 Å². The average Bonchev–Trinajstić information content (AvgIpc) is 2.88. The molecule has 1 aliphatic heterocycles. The zero-order valence-electron chi connectivity index (χ0n) is 13.7. The van der Waals surface area contributed by atoms with Crippen LogP contribution in [0.25, 0.3) is 11.0 Å². The summed E-state index contributed by atoms with van der Waals surface area (Å²) in [6.07, 6.45) is 4.21. The minimum atomic E-state index is 0.0658. The van der Waals surface area contributed by atoms with E-state index in [1.807, 2.05) is 28.8 Å². The van der Waals surface area contributed by atoms with Crippen molar-refractivity contribution >= 4 is 28.7 Å². The van der Waals surface area contributed by atoms with Gasteiger partial charge in [0, 0.05) is 12.1 Å². The van der Waals surface area contributed by atoms with Crippen LogP contribution in [0, 0.1) is 0 Å². The Morgan fingerprint density at radius 1 is 1.48 bits per heavy atom. The Hall–Kier alpha value is -1.53. The number of aromatic nitrogens is 2. The molecule has 0 saturated carbocycles. The lowest BCUT2D eigenvalue weighted by Gasteiger charge is -2.30. The van der Waals surface area contributed by atoms with Crippen molar-refractivity contribution in [3.8, 4) is 0 Å². The minimum Gasteiger partial charge on any atom is -0.350 e. The first-order valence-electron chi connectivity index (χ1n) is 8.15. The van der Waals surface area contributed by atoms with Crippen molar-refractivity contribution in [3.63, 3.8) is 0 Å². The van der Waals surface area contributed by atoms with E-state index in [9.17, 15) is 4.79 Å². The summed E-state index contributed by atoms with van der Waals surface area (Å²) in [5.74, 6) is 1.84. The molecule has 1 amide bonds. The first-order valence-corrected chi connectivity index (χ1v) is 9.54. The maximum Gasteiger partial charge on any atom is 0.240 e. The van der Waals surface area contributed by atoms with Crippen LogP contribution in [-0.2, 0) is 17.1 Å². The van der Waals surface area contributed by atoms with Gasteiger partial charge in [0.05, 0.1) is 16.8 Å². The summed E-state index contributed by atoms with van der Waals surface area (Å²) in [5.41, 5.74) is 1.98. The SMILES string of the molecule is CSCc1nc2ccccc2n1CC(=O)NC1CCCNC1C. The highest BCUT2D eigenvalue weighted by Gasteiger charge is 2.23. The number of para-hydroxylation sites is 2. The number of hydrogen-bond acceptors (Lipinski definition) is 4. The highest BCUT2D eigenvalue weighted by atomic mass is 32.2. The van der Waals surface area contributed by atoms with Gasteiger partial charge in [-0.05, 0) is 44.7 Å². The summed E-state index contributed by atoms with van der Waals surface area (Å²) < 4.78 is 2.04. The molecule has 124 valence electrons. The van der Waals surface area contributed by atoms with Gasteiger partial charge in [-0.2, -0.15) is 11.8 Å². The van der Waals surface area contributed by atoms with Crippen molar-refractivity contribution in [2.45, 2.75) is 44.1 Å². The molecule has 23 heavy (non-hydrogen) atoms. The quantitative estimate of drug-likeness (QED) is 0.881. The lowest BCUT2D eigenvalue weighted by Crippen LogP contribution is -2.52. The number of imidazole rings is 1. The van der Waals surface area contributed by atoms with Gasteiger partial charge >= 0.3 is 0 Å². The van der Waals surface area contributed by atoms with Crippen LogP contribution in [0.1, 0.15) is 25.6 Å². The number of nitrogens with zero attached hydrogens (tertiary/aromatic N) is 2. The summed E-state index contributed by atoms with van der Waals surface area (Å²) in [7, 11) is 0. The van der Waals surface area contributed by atoms with E-state index in [1.54, 1.807) is 11.8 Å². The Labute approximate surface area is 141 Å². The highest BCUT2D eigenvalue weighted by Crippen LogP contribution is 2.19. The molecule has 2 N–H and O–H groups in total. The van der Waals surface area contributed by atoms with E-state index in [0.717, 1.165) is 42.0 Å². The third kappa shape index (κ3) is 3.70. The molecule has 0 aliphatic carbocycles. The smallest absolute Gasteiger partial charge is 0.240 e. The second-order valence-corrected chi connectivity index (χ2v) is 6.96. The second kappa shape index (κ2) is 7.36. The predicted octanol–water partition coefficient (Wildman–Crippen LogP) is 2.16. The molecule has 0 radical (unpaired) electrons. The summed E-state index contributed by atoms with van der Waals surface area (Å²) >= 11 is 1.72. The Morgan fingerprint density at radius 3 is 3.09 bits per heavy atom. The van der Waals surface area contributed by atoms with Crippen LogP contribution in [0.3, 0.4) is 0 Å². The van der Waals surface area contributed by atoms with Crippen LogP contribution >= 0.6 is 11.8 Å². The van der Waals surface area contributed by atoms with Crippen molar-refractivity contribution in [3.05, 3.63) is 30.1 Å². The number of amides is 1. The number of nitrogens with one attached hydrogen (secondary N) is 2. The molecule has 0 bridgehead atoms. The van der Waals surface area contributed by atoms with Crippen molar-refractivity contribution in [2.75, 3.05) is 12.8 Å². The fourth-order valence-electron chi connectivity index (χ4n) is 3.18. The van der Waals surface area contributed by atoms with Crippen LogP contribution in [-0.4, -0.2) is 40.3 Å². The molecule has 2 aromatic rings. The maximum absolute atomic E-state index is 12.5. The van der Waals surface area contributed by atoms with E-state index in [4.69, 9.17) is 0 Å². The summed E-state index contributed by atoms with van der Waals surface area (Å²) in [5, 5.41) is 6.60. The van der Waals surface area contributed by atoms with Gasteiger partial charge < -0.3 is 15.2 Å². The predicted molar refractivity (Wildman–Crippen MR) is 95.6 cm³/mol. The monoisotopic (exact) mass is 332 g/mol. The molecular formula is C17H24N4OS. The molecule has 1 saturated heterocycles. The van der Waals surface area contributed by atoms with E-state index in [1.165, 1.54) is 0 Å². The third-order valence-corrected chi connectivity index (χ3v) is 4.96. The molecule has 1 fully saturated rings. The molecule has 1 aromatic carbocycles. The topological polar surface area (TPSA) is 59.0 Å². The number of carbonyl (C=O) groups is 1. The van der Waals surface area contributed by atoms with Crippen molar-refractivity contribution < 1.29 is 4.79 Å². The molecule has 2 unspecified atom stereocenters. The first-order chi connectivity index (χ1) is 11.2. The number of hydrogen-bond donors (Lipinski definition) is 2. The lowest BCUT2D eigenvalue weighted by molar-refractivity contribution is -0.122. The fourth-order valence-corrected chi connectivity index (χ4v) is 3.66. The van der Waals surface area contributed by atoms with E-state index in [0.29, 0.717) is 12.6 Å². The van der Waals surface area contributed by atoms with Gasteiger partial charge in [-0.3, -0.25) is 4.79 Å². The van der Waals surface area contributed by atoms with Crippen molar-refractivity contribution in [1.29, 1.82) is 0 Å². The normalized spacial score (nSPS) is 21.5. The molecule has 2 atom stereocenters. The molecule has 5 nitrogen and oxygen atoms in total. The number of benzene rings is 1. The van der Waals surface area contributed by atoms with E-state index in [-0.39, 0.29) is 11.9 Å². The average molecular weight is 332 g/mol. The Morgan fingerprint density at radius 2 is 2.30 bits per heavy atom. The lowest BCUT2D eigenvalue weighted by atomic mass is 10.00. The van der Waals surface area contributed by atoms with Crippen LogP contribution in [0.4, 0.5) is 0 Å². The number of thioether (sulfide) groups is 1. The second-order valence-electron chi connectivity index (χ2n) is 6.09. The zero-order chi connectivity index (χ0) is 16.2. The Balaban J connectivity index is 1.77. The molecule has 3 rings (SSSR count). The van der Waals surface area contributed by atoms with Gasteiger partial charge in [0.25, 0.3) is 0 Å². The van der Waals surface area contributed by atoms with E-state index >= 15 is 0 Å². The Kier molecular flexibility index (Phi) is 5.23. The number of fused-ring (bicyclic) bond motifs is 1. The highest BCUT2D eigenvalue weighted by molar-refractivity contribution is 7.97. The molecule has 2 heterocycles. The van der Waals surface area contributed by atoms with E-state index in [2.05, 4.69) is 28.8 Å².